The van der Waals surface area contributed by atoms with Gasteiger partial charge in [0.05, 0.1) is 62.1 Å². The van der Waals surface area contributed by atoms with Gasteiger partial charge >= 0.3 is 16.4 Å². The zero-order valence-corrected chi connectivity index (χ0v) is 44.5. The highest BCUT2D eigenvalue weighted by Crippen LogP contribution is 2.46. The van der Waals surface area contributed by atoms with Gasteiger partial charge in [-0.3, -0.25) is 14.1 Å². The third-order valence-electron chi connectivity index (χ3n) is 12.1. The van der Waals surface area contributed by atoms with Crippen molar-refractivity contribution < 1.29 is 67.6 Å². The second-order valence-electron chi connectivity index (χ2n) is 17.6. The van der Waals surface area contributed by atoms with Crippen LogP contribution >= 0.6 is 0 Å². The predicted octanol–water partition coefficient (Wildman–Crippen LogP) is 2.77. The fraction of sp³-hybridized carbons (Fsp3) is 0.617. The van der Waals surface area contributed by atoms with Crippen LogP contribution in [0, 0.1) is 0 Å². The first-order valence-corrected chi connectivity index (χ1v) is 28.4. The maximum absolute atomic E-state index is 14.8. The lowest BCUT2D eigenvalue weighted by molar-refractivity contribution is -0.139. The molecule has 0 saturated carbocycles. The number of aliphatic carboxylic acids is 1. The molecule has 0 aromatic heterocycles. The summed E-state index contributed by atoms with van der Waals surface area (Å²) in [5.74, 6) is -0.574. The van der Waals surface area contributed by atoms with E-state index in [2.05, 4.69) is 14.8 Å². The van der Waals surface area contributed by atoms with Gasteiger partial charge in [0.25, 0.3) is 0 Å². The van der Waals surface area contributed by atoms with E-state index in [1.165, 1.54) is 31.4 Å². The van der Waals surface area contributed by atoms with Crippen LogP contribution in [-0.4, -0.2) is 188 Å². The minimum absolute atomic E-state index is 0.00187. The number of hydrogen-bond donors (Lipinski definition) is 6. The highest BCUT2D eigenvalue weighted by molar-refractivity contribution is 7.90. The number of carboxylic acids is 1. The first-order valence-electron chi connectivity index (χ1n) is 24.1. The van der Waals surface area contributed by atoms with Crippen molar-refractivity contribution in [2.24, 2.45) is 11.5 Å². The molecule has 0 fully saturated rings. The quantitative estimate of drug-likeness (QED) is 0.0213. The Morgan fingerprint density at radius 3 is 1.53 bits per heavy atom. The lowest BCUT2D eigenvalue weighted by atomic mass is 9.92. The van der Waals surface area contributed by atoms with E-state index in [1.54, 1.807) is 18.2 Å². The second-order valence-corrected chi connectivity index (χ2v) is 22.7. The van der Waals surface area contributed by atoms with Crippen LogP contribution in [0.25, 0.3) is 32.3 Å². The Labute approximate surface area is 424 Å². The summed E-state index contributed by atoms with van der Waals surface area (Å²) in [5.41, 5.74) is 12.0. The van der Waals surface area contributed by atoms with E-state index in [-0.39, 0.29) is 101 Å². The van der Waals surface area contributed by atoms with E-state index >= 15 is 0 Å². The second kappa shape index (κ2) is 29.2. The zero-order valence-electron chi connectivity index (χ0n) is 42.1. The topological polar surface area (TPSA) is 309 Å². The molecule has 0 aliphatic carbocycles. The van der Waals surface area contributed by atoms with Gasteiger partial charge in [0.2, 0.25) is 20.0 Å². The van der Waals surface area contributed by atoms with Crippen LogP contribution in [0.4, 0.5) is 5.69 Å². The number of anilines is 1. The van der Waals surface area contributed by atoms with Crippen molar-refractivity contribution >= 4 is 80.2 Å². The molecule has 0 aliphatic rings. The number of hydrogen-bond acceptors (Lipinski definition) is 18. The Bertz CT molecular complexity index is 2600. The number of nitrogens with zero attached hydrogens (tertiary/aromatic N) is 3. The molecule has 22 nitrogen and oxygen atoms in total. The van der Waals surface area contributed by atoms with Crippen molar-refractivity contribution in [1.82, 2.24) is 19.2 Å². The number of benzene rings is 4. The minimum atomic E-state index is -4.53. The maximum Gasteiger partial charge on any atom is 0.397 e. The summed E-state index contributed by atoms with van der Waals surface area (Å²) in [7, 11) is -6.73. The number of unbranched alkanes of at least 4 members (excludes halogenated alkanes) is 2. The highest BCUT2D eigenvalue weighted by Gasteiger charge is 2.32. The highest BCUT2D eigenvalue weighted by atomic mass is 32.3. The Kier molecular flexibility index (Phi) is 24.6. The third kappa shape index (κ3) is 17.3. The van der Waals surface area contributed by atoms with Crippen molar-refractivity contribution in [3.63, 3.8) is 0 Å². The summed E-state index contributed by atoms with van der Waals surface area (Å²) < 4.78 is 118. The average Bonchev–Trinajstić information content (AvgIpc) is 3.32. The standard InChI is InChI=1S/C47H75N7O15S3/c1-34(55)39(12-6-8-18-48)50-20-10-22-53(4)70(58,59)43-33-44(71(60,61)54(5)23-11-21-51-40(47(56)57)13-7-9-19-49)38-17-15-36-42(32-41(52(2)3)35-14-16-37(43)46(38)45(35)36)68-30-28-66-26-24-65-25-27-67-29-31-69-72(62,63)64/h14-17,32-33,39-40,50-51H,6-13,18-31,48-49H2,1-5H3,(H,56,57)(H,62,63,64). The van der Waals surface area contributed by atoms with Gasteiger partial charge < -0.3 is 51.1 Å². The molecule has 406 valence electrons. The van der Waals surface area contributed by atoms with E-state index in [4.69, 9.17) is 35.0 Å². The summed E-state index contributed by atoms with van der Waals surface area (Å²) in [6, 6.07) is 8.86. The van der Waals surface area contributed by atoms with Crippen molar-refractivity contribution in [3.8, 4) is 5.75 Å². The van der Waals surface area contributed by atoms with Gasteiger partial charge in [0.1, 0.15) is 24.2 Å². The van der Waals surface area contributed by atoms with Crippen LogP contribution in [-0.2, 0) is 58.4 Å². The van der Waals surface area contributed by atoms with Gasteiger partial charge in [-0.1, -0.05) is 31.0 Å². The molecule has 0 amide bonds. The van der Waals surface area contributed by atoms with Crippen molar-refractivity contribution in [1.29, 1.82) is 0 Å². The molecular weight excluding hydrogens is 999 g/mol. The summed E-state index contributed by atoms with van der Waals surface area (Å²) >= 11 is 0. The number of carbonyl (C=O) groups excluding carboxylic acids is 1. The van der Waals surface area contributed by atoms with E-state index in [0.717, 1.165) is 28.2 Å². The number of ketones is 1. The van der Waals surface area contributed by atoms with Crippen LogP contribution in [0.15, 0.2) is 46.2 Å². The number of sulfonamides is 2. The summed E-state index contributed by atoms with van der Waals surface area (Å²) in [6.07, 6.45) is 4.46. The molecule has 0 spiro atoms. The van der Waals surface area contributed by atoms with Gasteiger partial charge in [-0.2, -0.15) is 8.42 Å². The summed E-state index contributed by atoms with van der Waals surface area (Å²) in [4.78, 5) is 25.7. The SMILES string of the molecule is CC(=O)C(CCCCN)NCCCN(C)S(=O)(=O)c1cc(S(=O)(=O)N(C)CCCNC(CCCCN)C(=O)O)c2ccc3c(OCCOCCOCCOCCOS(=O)(=O)O)cc(N(C)C)c4ccc1c2c34. The van der Waals surface area contributed by atoms with Gasteiger partial charge in [-0.05, 0) is 83.8 Å². The molecule has 4 aromatic rings. The fourth-order valence-electron chi connectivity index (χ4n) is 8.23. The Balaban J connectivity index is 1.66. The lowest BCUT2D eigenvalue weighted by Crippen LogP contribution is -2.38. The van der Waals surface area contributed by atoms with Crippen molar-refractivity contribution in [3.05, 3.63) is 36.4 Å². The molecule has 72 heavy (non-hydrogen) atoms. The van der Waals surface area contributed by atoms with E-state index < -0.39 is 42.5 Å². The van der Waals surface area contributed by atoms with E-state index in [0.29, 0.717) is 84.4 Å². The average molecular weight is 1070 g/mol. The molecule has 0 bridgehead atoms. The van der Waals surface area contributed by atoms with E-state index in [1.807, 2.05) is 31.1 Å². The molecule has 2 unspecified atom stereocenters. The van der Waals surface area contributed by atoms with Gasteiger partial charge in [-0.25, -0.2) is 29.6 Å². The largest absolute Gasteiger partial charge is 0.490 e. The van der Waals surface area contributed by atoms with Crippen LogP contribution < -0.4 is 31.7 Å². The van der Waals surface area contributed by atoms with Crippen LogP contribution in [0.5, 0.6) is 5.75 Å². The minimum Gasteiger partial charge on any atom is -0.490 e. The maximum atomic E-state index is 14.8. The van der Waals surface area contributed by atoms with Crippen LogP contribution in [0.3, 0.4) is 0 Å². The molecule has 25 heteroatoms. The number of nitrogens with two attached hydrogens (primary N) is 2. The van der Waals surface area contributed by atoms with Gasteiger partial charge in [-0.15, -0.1) is 0 Å². The molecular formula is C47H75N7O15S3. The Morgan fingerprint density at radius 2 is 1.06 bits per heavy atom. The van der Waals surface area contributed by atoms with E-state index in [9.17, 15) is 39.9 Å². The van der Waals surface area contributed by atoms with Gasteiger partial charge in [0.15, 0.2) is 0 Å². The molecule has 0 aliphatic heterocycles. The molecule has 0 saturated heterocycles. The summed E-state index contributed by atoms with van der Waals surface area (Å²) in [5, 5.41) is 18.9. The number of nitrogens with one attached hydrogen (secondary N) is 2. The number of carboxylic acid groups (broad SMARTS) is 1. The van der Waals surface area contributed by atoms with Crippen molar-refractivity contribution in [2.75, 3.05) is 125 Å². The number of rotatable bonds is 39. The molecule has 0 radical (unpaired) electrons. The Hall–Kier alpha value is -3.93. The number of ether oxygens (including phenoxy) is 4. The van der Waals surface area contributed by atoms with Crippen LogP contribution in [0.1, 0.15) is 58.3 Å². The third-order valence-corrected chi connectivity index (χ3v) is 16.3. The first-order chi connectivity index (χ1) is 34.2. The molecule has 4 aromatic carbocycles. The molecule has 8 N–H and O–H groups in total. The zero-order chi connectivity index (χ0) is 53.1. The predicted molar refractivity (Wildman–Crippen MR) is 277 cm³/mol. The normalized spacial score (nSPS) is 13.5. The smallest absolute Gasteiger partial charge is 0.397 e. The van der Waals surface area contributed by atoms with Gasteiger partial charge in [0, 0.05) is 85.4 Å². The fourth-order valence-corrected chi connectivity index (χ4v) is 11.4. The first kappa shape index (κ1) is 60.6. The lowest BCUT2D eigenvalue weighted by Gasteiger charge is -2.25. The Morgan fingerprint density at radius 1 is 0.611 bits per heavy atom. The molecule has 2 atom stereocenters. The molecule has 4 rings (SSSR count). The number of carbonyl (C=O) groups is 2. The van der Waals surface area contributed by atoms with Crippen LogP contribution in [0.2, 0.25) is 0 Å². The number of Topliss-reactive ketones (excluding diaryl/α,β-unsaturated/α-hetero) is 1. The van der Waals surface area contributed by atoms with Crippen molar-refractivity contribution in [2.45, 2.75) is 80.2 Å². The monoisotopic (exact) mass is 1070 g/mol. The molecule has 0 heterocycles. The summed E-state index contributed by atoms with van der Waals surface area (Å²) in [6.45, 7) is 3.85.